The molecule has 1 aromatic rings. The van der Waals surface area contributed by atoms with Crippen LogP contribution in [0.3, 0.4) is 0 Å². The predicted octanol–water partition coefficient (Wildman–Crippen LogP) is 1.35. The second-order valence-corrected chi connectivity index (χ2v) is 4.92. The Hall–Kier alpha value is -1.66. The number of hydrogen-bond acceptors (Lipinski definition) is 5. The highest BCUT2D eigenvalue weighted by molar-refractivity contribution is 5.95. The van der Waals surface area contributed by atoms with Gasteiger partial charge in [-0.05, 0) is 25.5 Å². The van der Waals surface area contributed by atoms with Gasteiger partial charge >= 0.3 is 0 Å². The van der Waals surface area contributed by atoms with Crippen LogP contribution in [0.5, 0.6) is 0 Å². The number of amides is 1. The first kappa shape index (κ1) is 17.4. The van der Waals surface area contributed by atoms with Crippen LogP contribution in [0, 0.1) is 0 Å². The molecule has 6 heteroatoms. The highest BCUT2D eigenvalue weighted by Gasteiger charge is 2.22. The lowest BCUT2D eigenvalue weighted by Gasteiger charge is -2.29. The van der Waals surface area contributed by atoms with E-state index in [2.05, 4.69) is 4.98 Å². The number of nitrogens with two attached hydrogens (primary N) is 1. The maximum absolute atomic E-state index is 12.7. The molecule has 1 unspecified atom stereocenters. The number of anilines is 1. The van der Waals surface area contributed by atoms with E-state index in [9.17, 15) is 4.79 Å². The van der Waals surface area contributed by atoms with Gasteiger partial charge in [0.25, 0.3) is 5.91 Å². The largest absolute Gasteiger partial charge is 0.384 e. The molecule has 118 valence electrons. The molecule has 0 aliphatic rings. The number of carbonyl (C=O) groups excluding carboxylic acids is 1. The number of pyridine rings is 1. The molecule has 6 nitrogen and oxygen atoms in total. The Labute approximate surface area is 126 Å². The van der Waals surface area contributed by atoms with Crippen molar-refractivity contribution in [3.05, 3.63) is 23.4 Å². The van der Waals surface area contributed by atoms with E-state index in [1.54, 1.807) is 31.3 Å². The minimum absolute atomic E-state index is 0.0443. The molecule has 0 saturated heterocycles. The molecule has 1 amide bonds. The van der Waals surface area contributed by atoms with Crippen molar-refractivity contribution in [1.29, 1.82) is 0 Å². The third-order valence-electron chi connectivity index (χ3n) is 3.24. The van der Waals surface area contributed by atoms with Gasteiger partial charge in [-0.2, -0.15) is 0 Å². The molecule has 1 rings (SSSR count). The number of ether oxygens (including phenoxy) is 2. The van der Waals surface area contributed by atoms with Gasteiger partial charge in [-0.25, -0.2) is 4.98 Å². The van der Waals surface area contributed by atoms with Gasteiger partial charge in [0.05, 0.1) is 19.3 Å². The van der Waals surface area contributed by atoms with E-state index in [1.807, 2.05) is 13.8 Å². The molecule has 1 heterocycles. The van der Waals surface area contributed by atoms with Crippen molar-refractivity contribution in [1.82, 2.24) is 9.88 Å². The van der Waals surface area contributed by atoms with Gasteiger partial charge in [-0.15, -0.1) is 0 Å². The van der Waals surface area contributed by atoms with Crippen LogP contribution in [-0.4, -0.2) is 55.8 Å². The lowest BCUT2D eigenvalue weighted by Crippen LogP contribution is -2.43. The summed E-state index contributed by atoms with van der Waals surface area (Å²) in [6, 6.07) is 3.36. The van der Waals surface area contributed by atoms with Crippen molar-refractivity contribution in [2.75, 3.05) is 39.7 Å². The first-order valence-corrected chi connectivity index (χ1v) is 7.08. The molecule has 2 N–H and O–H groups in total. The number of aromatic nitrogens is 1. The Morgan fingerprint density at radius 3 is 2.67 bits per heavy atom. The highest BCUT2D eigenvalue weighted by Crippen LogP contribution is 2.13. The van der Waals surface area contributed by atoms with Gasteiger partial charge in [-0.1, -0.05) is 6.92 Å². The van der Waals surface area contributed by atoms with Crippen molar-refractivity contribution in [3.63, 3.8) is 0 Å². The molecule has 0 saturated carbocycles. The van der Waals surface area contributed by atoms with Gasteiger partial charge in [0.2, 0.25) is 0 Å². The zero-order valence-electron chi connectivity index (χ0n) is 13.3. The Bertz CT molecular complexity index is 465. The van der Waals surface area contributed by atoms with E-state index in [-0.39, 0.29) is 11.9 Å². The molecule has 0 aliphatic carbocycles. The van der Waals surface area contributed by atoms with Crippen molar-refractivity contribution in [2.24, 2.45) is 0 Å². The Morgan fingerprint density at radius 2 is 2.10 bits per heavy atom. The lowest BCUT2D eigenvalue weighted by molar-refractivity contribution is 0.0479. The van der Waals surface area contributed by atoms with Crippen LogP contribution in [0.4, 0.5) is 5.82 Å². The molecule has 0 aliphatic heterocycles. The number of hydrogen-bond donors (Lipinski definition) is 1. The van der Waals surface area contributed by atoms with Gasteiger partial charge in [0.15, 0.2) is 0 Å². The van der Waals surface area contributed by atoms with Crippen LogP contribution in [0.25, 0.3) is 0 Å². The fraction of sp³-hybridized carbons (Fsp3) is 0.600. The van der Waals surface area contributed by atoms with Crippen molar-refractivity contribution < 1.29 is 14.3 Å². The Kier molecular flexibility index (Phi) is 7.11. The zero-order chi connectivity index (χ0) is 15.8. The monoisotopic (exact) mass is 295 g/mol. The normalized spacial score (nSPS) is 12.2. The fourth-order valence-corrected chi connectivity index (χ4v) is 2.12. The molecule has 0 bridgehead atoms. The van der Waals surface area contributed by atoms with Crippen LogP contribution in [0.1, 0.15) is 29.9 Å². The average Bonchev–Trinajstić information content (AvgIpc) is 2.47. The standard InChI is InChI=1S/C15H25N3O3/c1-5-13-8-12(9-14(16)17-13)15(19)18(6-7-20-3)11(2)10-21-4/h8-9,11H,5-7,10H2,1-4H3,(H2,16,17). The summed E-state index contributed by atoms with van der Waals surface area (Å²) >= 11 is 0. The Balaban J connectivity index is 3.00. The van der Waals surface area contributed by atoms with E-state index in [4.69, 9.17) is 15.2 Å². The van der Waals surface area contributed by atoms with Gasteiger partial charge in [-0.3, -0.25) is 4.79 Å². The SMILES string of the molecule is CCc1cc(C(=O)N(CCOC)C(C)COC)cc(N)n1. The van der Waals surface area contributed by atoms with Crippen LogP contribution in [-0.2, 0) is 15.9 Å². The number of rotatable bonds is 8. The van der Waals surface area contributed by atoms with Crippen LogP contribution in [0.2, 0.25) is 0 Å². The van der Waals surface area contributed by atoms with Crippen molar-refractivity contribution in [3.8, 4) is 0 Å². The molecule has 1 atom stereocenters. The molecule has 0 spiro atoms. The minimum Gasteiger partial charge on any atom is -0.384 e. The van der Waals surface area contributed by atoms with Crippen LogP contribution >= 0.6 is 0 Å². The summed E-state index contributed by atoms with van der Waals surface area (Å²) in [5, 5.41) is 0. The Morgan fingerprint density at radius 1 is 1.38 bits per heavy atom. The summed E-state index contributed by atoms with van der Waals surface area (Å²) in [6.07, 6.45) is 0.733. The van der Waals surface area contributed by atoms with Gasteiger partial charge in [0.1, 0.15) is 5.82 Å². The summed E-state index contributed by atoms with van der Waals surface area (Å²) in [5.41, 5.74) is 7.14. The maximum atomic E-state index is 12.7. The molecule has 0 radical (unpaired) electrons. The quantitative estimate of drug-likeness (QED) is 0.783. The topological polar surface area (TPSA) is 77.7 Å². The summed E-state index contributed by atoms with van der Waals surface area (Å²) < 4.78 is 10.2. The second-order valence-electron chi connectivity index (χ2n) is 4.92. The van der Waals surface area contributed by atoms with Crippen LogP contribution < -0.4 is 5.73 Å². The molecular weight excluding hydrogens is 270 g/mol. The maximum Gasteiger partial charge on any atom is 0.254 e. The van der Waals surface area contributed by atoms with E-state index in [1.165, 1.54) is 0 Å². The second kappa shape index (κ2) is 8.59. The molecule has 21 heavy (non-hydrogen) atoms. The molecular formula is C15H25N3O3. The summed E-state index contributed by atoms with van der Waals surface area (Å²) in [4.78, 5) is 18.7. The average molecular weight is 295 g/mol. The predicted molar refractivity (Wildman–Crippen MR) is 82.3 cm³/mol. The van der Waals surface area contributed by atoms with Gasteiger partial charge < -0.3 is 20.1 Å². The number of nitrogens with zero attached hydrogens (tertiary/aromatic N) is 2. The van der Waals surface area contributed by atoms with E-state index in [0.717, 1.165) is 12.1 Å². The van der Waals surface area contributed by atoms with Crippen LogP contribution in [0.15, 0.2) is 12.1 Å². The minimum atomic E-state index is -0.0830. The smallest absolute Gasteiger partial charge is 0.254 e. The molecule has 0 aromatic carbocycles. The van der Waals surface area contributed by atoms with Gasteiger partial charge in [0, 0.05) is 32.0 Å². The molecule has 0 fully saturated rings. The van der Waals surface area contributed by atoms with E-state index >= 15 is 0 Å². The molecule has 1 aromatic heterocycles. The lowest BCUT2D eigenvalue weighted by atomic mass is 10.1. The summed E-state index contributed by atoms with van der Waals surface area (Å²) in [5.74, 6) is 0.282. The number of carbonyl (C=O) groups is 1. The summed E-state index contributed by atoms with van der Waals surface area (Å²) in [6.45, 7) is 5.37. The first-order chi connectivity index (χ1) is 10.0. The fourth-order valence-electron chi connectivity index (χ4n) is 2.12. The summed E-state index contributed by atoms with van der Waals surface area (Å²) in [7, 11) is 3.23. The first-order valence-electron chi connectivity index (χ1n) is 7.08. The van der Waals surface area contributed by atoms with Crippen molar-refractivity contribution in [2.45, 2.75) is 26.3 Å². The van der Waals surface area contributed by atoms with Crippen molar-refractivity contribution >= 4 is 11.7 Å². The van der Waals surface area contributed by atoms with E-state index < -0.39 is 0 Å². The third-order valence-corrected chi connectivity index (χ3v) is 3.24. The number of aryl methyl sites for hydroxylation is 1. The third kappa shape index (κ3) is 4.99. The number of nitrogen functional groups attached to an aromatic ring is 1. The number of methoxy groups -OCH3 is 2. The highest BCUT2D eigenvalue weighted by atomic mass is 16.5. The van der Waals surface area contributed by atoms with E-state index in [0.29, 0.717) is 31.1 Å². The zero-order valence-corrected chi connectivity index (χ0v) is 13.3.